The molecule has 2 heterocycles. The van der Waals surface area contributed by atoms with Gasteiger partial charge in [0.1, 0.15) is 0 Å². The van der Waals surface area contributed by atoms with Gasteiger partial charge in [-0.05, 0) is 92.7 Å². The van der Waals surface area contributed by atoms with E-state index in [0.717, 1.165) is 61.5 Å². The Hall–Kier alpha value is -7.54. The molecule has 256 valence electrons. The van der Waals surface area contributed by atoms with Gasteiger partial charge < -0.3 is 4.57 Å². The second kappa shape index (κ2) is 13.5. The van der Waals surface area contributed by atoms with Crippen molar-refractivity contribution in [3.05, 3.63) is 212 Å². The fourth-order valence-corrected chi connectivity index (χ4v) is 7.88. The minimum atomic E-state index is 0.618. The van der Waals surface area contributed by atoms with E-state index in [1.807, 2.05) is 30.3 Å². The Kier molecular flexibility index (Phi) is 7.86. The maximum absolute atomic E-state index is 8.02. The Labute approximate surface area is 319 Å². The van der Waals surface area contributed by atoms with Crippen molar-refractivity contribution in [2.45, 2.75) is 0 Å². The summed E-state index contributed by atoms with van der Waals surface area (Å²) in [5.74, 6) is 0. The number of fused-ring (bicyclic) bond motifs is 4. The summed E-state index contributed by atoms with van der Waals surface area (Å²) in [5, 5.41) is 4.76. The zero-order chi connectivity index (χ0) is 36.7. The van der Waals surface area contributed by atoms with Crippen LogP contribution in [0.2, 0.25) is 0 Å². The average Bonchev–Trinajstić information content (AvgIpc) is 3.60. The van der Waals surface area contributed by atoms with Crippen LogP contribution in [0.5, 0.6) is 0 Å². The van der Waals surface area contributed by atoms with Gasteiger partial charge in [0.2, 0.25) is 0 Å². The van der Waals surface area contributed by atoms with Crippen LogP contribution in [0.1, 0.15) is 0 Å². The SMILES string of the molecule is [C-]#[N+]c1ccccc1-c1cc(-c2cccc(-c3ccc4ccccc4c3)n2)cc(-n2c3ccccc3c3ccc(-c4ccc(-c5ccccc5)cc4)cc32)c1. The van der Waals surface area contributed by atoms with Gasteiger partial charge in [-0.3, -0.25) is 0 Å². The predicted octanol–water partition coefficient (Wildman–Crippen LogP) is 14.2. The molecule has 0 unspecified atom stereocenters. The molecule has 8 aromatic carbocycles. The quantitative estimate of drug-likeness (QED) is 0.158. The highest BCUT2D eigenvalue weighted by molar-refractivity contribution is 6.10. The molecule has 10 aromatic rings. The summed E-state index contributed by atoms with van der Waals surface area (Å²) in [7, 11) is 0. The van der Waals surface area contributed by atoms with E-state index in [-0.39, 0.29) is 0 Å². The van der Waals surface area contributed by atoms with Crippen LogP contribution in [0.3, 0.4) is 0 Å². The largest absolute Gasteiger partial charge is 0.309 e. The van der Waals surface area contributed by atoms with E-state index in [0.29, 0.717) is 5.69 Å². The number of pyridine rings is 1. The van der Waals surface area contributed by atoms with Crippen molar-refractivity contribution >= 4 is 38.3 Å². The van der Waals surface area contributed by atoms with Gasteiger partial charge in [0, 0.05) is 27.6 Å². The lowest BCUT2D eigenvalue weighted by Crippen LogP contribution is -1.97. The molecule has 0 aliphatic carbocycles. The van der Waals surface area contributed by atoms with E-state index >= 15 is 0 Å². The van der Waals surface area contributed by atoms with Gasteiger partial charge in [-0.1, -0.05) is 152 Å². The van der Waals surface area contributed by atoms with Gasteiger partial charge in [-0.25, -0.2) is 9.83 Å². The molecule has 0 fully saturated rings. The lowest BCUT2D eigenvalue weighted by Gasteiger charge is -2.15. The monoisotopic (exact) mass is 699 g/mol. The van der Waals surface area contributed by atoms with Gasteiger partial charge in [-0.15, -0.1) is 0 Å². The zero-order valence-corrected chi connectivity index (χ0v) is 29.9. The molecule has 0 amide bonds. The van der Waals surface area contributed by atoms with E-state index < -0.39 is 0 Å². The second-order valence-corrected chi connectivity index (χ2v) is 13.9. The normalized spacial score (nSPS) is 11.3. The summed E-state index contributed by atoms with van der Waals surface area (Å²) in [6.45, 7) is 8.02. The van der Waals surface area contributed by atoms with Crippen molar-refractivity contribution in [3.63, 3.8) is 0 Å². The van der Waals surface area contributed by atoms with Crippen LogP contribution in [0, 0.1) is 6.57 Å². The van der Waals surface area contributed by atoms with E-state index in [4.69, 9.17) is 11.6 Å². The van der Waals surface area contributed by atoms with E-state index in [9.17, 15) is 0 Å². The molecule has 55 heavy (non-hydrogen) atoms. The number of para-hydroxylation sites is 2. The average molecular weight is 700 g/mol. The third-order valence-electron chi connectivity index (χ3n) is 10.6. The number of hydrogen-bond donors (Lipinski definition) is 0. The summed E-state index contributed by atoms with van der Waals surface area (Å²) >= 11 is 0. The van der Waals surface area contributed by atoms with E-state index in [1.54, 1.807) is 0 Å². The standard InChI is InChI=1S/C52H33N3/c1-53-50-18-9-7-16-45(50)42-31-43(49-20-11-19-48(54-49)41-27-26-36-14-5-6-15-39(36)30-41)33-44(32-42)55-51-21-10-8-17-46(51)47-29-28-40(34-52(47)55)38-24-22-37(23-25-38)35-12-3-2-4-13-35/h2-34H. The van der Waals surface area contributed by atoms with Crippen LogP contribution in [0.25, 0.3) is 99.0 Å². The second-order valence-electron chi connectivity index (χ2n) is 13.9. The Morgan fingerprint density at radius 2 is 1.00 bits per heavy atom. The first-order valence-electron chi connectivity index (χ1n) is 18.5. The van der Waals surface area contributed by atoms with E-state index in [2.05, 4.69) is 179 Å². The zero-order valence-electron chi connectivity index (χ0n) is 29.9. The molecule has 10 rings (SSSR count). The van der Waals surface area contributed by atoms with Crippen molar-refractivity contribution < 1.29 is 0 Å². The van der Waals surface area contributed by atoms with Gasteiger partial charge in [-0.2, -0.15) is 0 Å². The number of aromatic nitrogens is 2. The van der Waals surface area contributed by atoms with Gasteiger partial charge in [0.05, 0.1) is 29.0 Å². The Morgan fingerprint density at radius 1 is 0.382 bits per heavy atom. The first-order chi connectivity index (χ1) is 27.2. The van der Waals surface area contributed by atoms with Crippen LogP contribution in [-0.4, -0.2) is 9.55 Å². The minimum Gasteiger partial charge on any atom is -0.309 e. The summed E-state index contributed by atoms with van der Waals surface area (Å²) in [6, 6.07) is 70.4. The van der Waals surface area contributed by atoms with Crippen molar-refractivity contribution in [1.82, 2.24) is 9.55 Å². The molecule has 0 saturated carbocycles. The maximum Gasteiger partial charge on any atom is 0.194 e. The van der Waals surface area contributed by atoms with Crippen molar-refractivity contribution in [3.8, 4) is 61.6 Å². The van der Waals surface area contributed by atoms with Crippen molar-refractivity contribution in [2.75, 3.05) is 0 Å². The molecule has 0 saturated heterocycles. The number of hydrogen-bond acceptors (Lipinski definition) is 1. The van der Waals surface area contributed by atoms with Crippen LogP contribution in [-0.2, 0) is 0 Å². The molecule has 0 atom stereocenters. The molecule has 0 aliphatic rings. The molecule has 0 aliphatic heterocycles. The summed E-state index contributed by atoms with van der Waals surface area (Å²) in [5.41, 5.74) is 14.3. The lowest BCUT2D eigenvalue weighted by atomic mass is 9.98. The minimum absolute atomic E-state index is 0.618. The number of benzene rings is 8. The van der Waals surface area contributed by atoms with Gasteiger partial charge in [0.25, 0.3) is 0 Å². The summed E-state index contributed by atoms with van der Waals surface area (Å²) in [4.78, 5) is 9.18. The molecule has 3 heteroatoms. The highest BCUT2D eigenvalue weighted by Gasteiger charge is 2.17. The molecule has 3 nitrogen and oxygen atoms in total. The first-order valence-corrected chi connectivity index (χ1v) is 18.5. The van der Waals surface area contributed by atoms with E-state index in [1.165, 1.54) is 32.7 Å². The molecular weight excluding hydrogens is 667 g/mol. The van der Waals surface area contributed by atoms with Crippen molar-refractivity contribution in [2.24, 2.45) is 0 Å². The molecule has 0 radical (unpaired) electrons. The van der Waals surface area contributed by atoms with Crippen LogP contribution in [0.4, 0.5) is 5.69 Å². The summed E-state index contributed by atoms with van der Waals surface area (Å²) in [6.07, 6.45) is 0. The molecule has 0 bridgehead atoms. The number of rotatable bonds is 6. The number of nitrogens with zero attached hydrogens (tertiary/aromatic N) is 3. The third-order valence-corrected chi connectivity index (χ3v) is 10.6. The fourth-order valence-electron chi connectivity index (χ4n) is 7.88. The molecular formula is C52H33N3. The third kappa shape index (κ3) is 5.83. The highest BCUT2D eigenvalue weighted by atomic mass is 15.0. The van der Waals surface area contributed by atoms with Gasteiger partial charge in [0.15, 0.2) is 5.69 Å². The predicted molar refractivity (Wildman–Crippen MR) is 230 cm³/mol. The first kappa shape index (κ1) is 32.1. The fraction of sp³-hybridized carbons (Fsp3) is 0. The smallest absolute Gasteiger partial charge is 0.194 e. The molecule has 0 spiro atoms. The van der Waals surface area contributed by atoms with Crippen LogP contribution < -0.4 is 0 Å². The van der Waals surface area contributed by atoms with Crippen LogP contribution in [0.15, 0.2) is 200 Å². The summed E-state index contributed by atoms with van der Waals surface area (Å²) < 4.78 is 2.37. The Morgan fingerprint density at radius 3 is 1.84 bits per heavy atom. The highest BCUT2D eigenvalue weighted by Crippen LogP contribution is 2.40. The van der Waals surface area contributed by atoms with Gasteiger partial charge >= 0.3 is 0 Å². The topological polar surface area (TPSA) is 22.2 Å². The lowest BCUT2D eigenvalue weighted by molar-refractivity contribution is 1.18. The maximum atomic E-state index is 8.02. The molecule has 2 aromatic heterocycles. The Bertz CT molecular complexity index is 3090. The van der Waals surface area contributed by atoms with Crippen LogP contribution >= 0.6 is 0 Å². The Balaban J connectivity index is 1.16. The molecule has 0 N–H and O–H groups in total. The van der Waals surface area contributed by atoms with Crippen molar-refractivity contribution in [1.29, 1.82) is 0 Å².